The van der Waals surface area contributed by atoms with Crippen LogP contribution < -0.4 is 11.1 Å². The molecular formula is C17H19FN2O. The first kappa shape index (κ1) is 15.2. The predicted octanol–water partition coefficient (Wildman–Crippen LogP) is 2.92. The molecular weight excluding hydrogens is 267 g/mol. The summed E-state index contributed by atoms with van der Waals surface area (Å²) >= 11 is 0. The molecule has 2 rings (SSSR count). The van der Waals surface area contributed by atoms with Gasteiger partial charge in [-0.1, -0.05) is 48.5 Å². The Bertz CT molecular complexity index is 586. The van der Waals surface area contributed by atoms with Crippen molar-refractivity contribution >= 4 is 5.91 Å². The number of nitrogens with two attached hydrogens (primary N) is 1. The Kier molecular flexibility index (Phi) is 5.46. The Labute approximate surface area is 124 Å². The fourth-order valence-corrected chi connectivity index (χ4v) is 2.08. The number of hydrogen-bond donors (Lipinski definition) is 2. The minimum Gasteiger partial charge on any atom is -0.352 e. The molecule has 2 aromatic rings. The molecule has 1 atom stereocenters. The van der Waals surface area contributed by atoms with Crippen molar-refractivity contribution in [1.29, 1.82) is 0 Å². The first-order valence-electron chi connectivity index (χ1n) is 6.97. The molecule has 4 heteroatoms. The van der Waals surface area contributed by atoms with E-state index in [0.29, 0.717) is 18.4 Å². The Morgan fingerprint density at radius 3 is 2.48 bits per heavy atom. The van der Waals surface area contributed by atoms with Crippen LogP contribution in [0.5, 0.6) is 0 Å². The van der Waals surface area contributed by atoms with Gasteiger partial charge >= 0.3 is 0 Å². The summed E-state index contributed by atoms with van der Waals surface area (Å²) in [5.41, 5.74) is 7.53. The van der Waals surface area contributed by atoms with Gasteiger partial charge in [0.15, 0.2) is 0 Å². The molecule has 0 aliphatic heterocycles. The average molecular weight is 286 g/mol. The van der Waals surface area contributed by atoms with Gasteiger partial charge < -0.3 is 11.1 Å². The highest BCUT2D eigenvalue weighted by Gasteiger charge is 2.09. The SMILES string of the molecule is NC(CCC(=O)NCc1ccccc1F)c1ccccc1. The van der Waals surface area contributed by atoms with Crippen molar-refractivity contribution in [3.05, 3.63) is 71.5 Å². The van der Waals surface area contributed by atoms with Crippen LogP contribution in [0, 0.1) is 5.82 Å². The zero-order valence-corrected chi connectivity index (χ0v) is 11.8. The van der Waals surface area contributed by atoms with Crippen molar-refractivity contribution in [2.75, 3.05) is 0 Å². The maximum Gasteiger partial charge on any atom is 0.220 e. The molecule has 0 radical (unpaired) electrons. The molecule has 3 N–H and O–H groups in total. The lowest BCUT2D eigenvalue weighted by atomic mass is 10.0. The molecule has 110 valence electrons. The highest BCUT2D eigenvalue weighted by Crippen LogP contribution is 2.15. The summed E-state index contributed by atoms with van der Waals surface area (Å²) in [6.45, 7) is 0.200. The number of amides is 1. The van der Waals surface area contributed by atoms with E-state index in [-0.39, 0.29) is 24.3 Å². The molecule has 2 aromatic carbocycles. The summed E-state index contributed by atoms with van der Waals surface area (Å²) in [5, 5.41) is 2.71. The van der Waals surface area contributed by atoms with Crippen LogP contribution in [0.1, 0.15) is 30.0 Å². The van der Waals surface area contributed by atoms with Gasteiger partial charge in [-0.25, -0.2) is 4.39 Å². The van der Waals surface area contributed by atoms with E-state index in [1.807, 2.05) is 30.3 Å². The van der Waals surface area contributed by atoms with Crippen molar-refractivity contribution in [3.8, 4) is 0 Å². The van der Waals surface area contributed by atoms with Gasteiger partial charge in [0.1, 0.15) is 5.82 Å². The number of benzene rings is 2. The number of carbonyl (C=O) groups excluding carboxylic acids is 1. The Hall–Kier alpha value is -2.20. The molecule has 3 nitrogen and oxygen atoms in total. The largest absolute Gasteiger partial charge is 0.352 e. The second-order valence-corrected chi connectivity index (χ2v) is 4.92. The smallest absolute Gasteiger partial charge is 0.220 e. The molecule has 0 aliphatic carbocycles. The summed E-state index contributed by atoms with van der Waals surface area (Å²) in [5.74, 6) is -0.427. The minimum atomic E-state index is -0.307. The summed E-state index contributed by atoms with van der Waals surface area (Å²) in [4.78, 5) is 11.8. The fourth-order valence-electron chi connectivity index (χ4n) is 2.08. The first-order chi connectivity index (χ1) is 10.2. The normalized spacial score (nSPS) is 11.9. The van der Waals surface area contributed by atoms with Crippen molar-refractivity contribution in [2.24, 2.45) is 5.73 Å². The maximum atomic E-state index is 13.4. The number of halogens is 1. The summed E-state index contributed by atoms with van der Waals surface area (Å²) < 4.78 is 13.4. The third kappa shape index (κ3) is 4.68. The third-order valence-electron chi connectivity index (χ3n) is 3.34. The van der Waals surface area contributed by atoms with Crippen LogP contribution in [0.3, 0.4) is 0 Å². The average Bonchev–Trinajstić information content (AvgIpc) is 2.52. The van der Waals surface area contributed by atoms with Gasteiger partial charge in [-0.15, -0.1) is 0 Å². The molecule has 0 bridgehead atoms. The standard InChI is InChI=1S/C17H19FN2O/c18-15-9-5-4-8-14(15)12-20-17(21)11-10-16(19)13-6-2-1-3-7-13/h1-9,16H,10-12,19H2,(H,20,21). The number of hydrogen-bond acceptors (Lipinski definition) is 2. The summed E-state index contributed by atoms with van der Waals surface area (Å²) in [6.07, 6.45) is 0.887. The van der Waals surface area contributed by atoms with Crippen LogP contribution in [0.25, 0.3) is 0 Å². The first-order valence-corrected chi connectivity index (χ1v) is 6.97. The molecule has 0 aliphatic rings. The van der Waals surface area contributed by atoms with Gasteiger partial charge in [0.25, 0.3) is 0 Å². The molecule has 0 aromatic heterocycles. The van der Waals surface area contributed by atoms with Crippen molar-refractivity contribution in [3.63, 3.8) is 0 Å². The van der Waals surface area contributed by atoms with Crippen LogP contribution in [0.2, 0.25) is 0 Å². The van der Waals surface area contributed by atoms with Crippen molar-refractivity contribution in [2.45, 2.75) is 25.4 Å². The van der Waals surface area contributed by atoms with E-state index in [0.717, 1.165) is 5.56 Å². The lowest BCUT2D eigenvalue weighted by Gasteiger charge is -2.12. The van der Waals surface area contributed by atoms with E-state index < -0.39 is 0 Å². The van der Waals surface area contributed by atoms with Crippen LogP contribution >= 0.6 is 0 Å². The van der Waals surface area contributed by atoms with Gasteiger partial charge in [-0.3, -0.25) is 4.79 Å². The molecule has 0 spiro atoms. The highest BCUT2D eigenvalue weighted by molar-refractivity contribution is 5.75. The summed E-state index contributed by atoms with van der Waals surface area (Å²) in [7, 11) is 0. The van der Waals surface area contributed by atoms with Crippen LogP contribution in [-0.2, 0) is 11.3 Å². The molecule has 0 fully saturated rings. The molecule has 1 unspecified atom stereocenters. The molecule has 0 saturated carbocycles. The van der Waals surface area contributed by atoms with Gasteiger partial charge in [0, 0.05) is 24.6 Å². The molecule has 21 heavy (non-hydrogen) atoms. The number of nitrogens with one attached hydrogen (secondary N) is 1. The van der Waals surface area contributed by atoms with Gasteiger partial charge in [-0.2, -0.15) is 0 Å². The fraction of sp³-hybridized carbons (Fsp3) is 0.235. The summed E-state index contributed by atoms with van der Waals surface area (Å²) in [6, 6.07) is 15.9. The lowest BCUT2D eigenvalue weighted by Crippen LogP contribution is -2.24. The van der Waals surface area contributed by atoms with E-state index in [2.05, 4.69) is 5.32 Å². The zero-order chi connectivity index (χ0) is 15.1. The highest BCUT2D eigenvalue weighted by atomic mass is 19.1. The van der Waals surface area contributed by atoms with E-state index in [1.54, 1.807) is 18.2 Å². The topological polar surface area (TPSA) is 55.1 Å². The Morgan fingerprint density at radius 2 is 1.76 bits per heavy atom. The van der Waals surface area contributed by atoms with E-state index in [9.17, 15) is 9.18 Å². The number of rotatable bonds is 6. The minimum absolute atomic E-state index is 0.121. The second-order valence-electron chi connectivity index (χ2n) is 4.92. The second kappa shape index (κ2) is 7.55. The quantitative estimate of drug-likeness (QED) is 0.858. The number of carbonyl (C=O) groups is 1. The van der Waals surface area contributed by atoms with E-state index >= 15 is 0 Å². The van der Waals surface area contributed by atoms with Gasteiger partial charge in [-0.05, 0) is 18.1 Å². The predicted molar refractivity (Wildman–Crippen MR) is 80.9 cm³/mol. The van der Waals surface area contributed by atoms with Gasteiger partial charge in [0.05, 0.1) is 0 Å². The monoisotopic (exact) mass is 286 g/mol. The van der Waals surface area contributed by atoms with Gasteiger partial charge in [0.2, 0.25) is 5.91 Å². The van der Waals surface area contributed by atoms with Crippen LogP contribution in [0.4, 0.5) is 4.39 Å². The van der Waals surface area contributed by atoms with E-state index in [1.165, 1.54) is 6.07 Å². The van der Waals surface area contributed by atoms with Crippen LogP contribution in [0.15, 0.2) is 54.6 Å². The van der Waals surface area contributed by atoms with Crippen molar-refractivity contribution < 1.29 is 9.18 Å². The Balaban J connectivity index is 1.76. The zero-order valence-electron chi connectivity index (χ0n) is 11.8. The molecule has 0 heterocycles. The lowest BCUT2D eigenvalue weighted by molar-refractivity contribution is -0.121. The van der Waals surface area contributed by atoms with Crippen molar-refractivity contribution in [1.82, 2.24) is 5.32 Å². The molecule has 0 saturated heterocycles. The third-order valence-corrected chi connectivity index (χ3v) is 3.34. The van der Waals surface area contributed by atoms with E-state index in [4.69, 9.17) is 5.73 Å². The molecule has 1 amide bonds. The van der Waals surface area contributed by atoms with Crippen LogP contribution in [-0.4, -0.2) is 5.91 Å². The Morgan fingerprint density at radius 1 is 1.10 bits per heavy atom. The maximum absolute atomic E-state index is 13.4.